The molecule has 0 bridgehead atoms. The highest BCUT2D eigenvalue weighted by molar-refractivity contribution is 5.37. The quantitative estimate of drug-likeness (QED) is 0.694. The van der Waals surface area contributed by atoms with Crippen molar-refractivity contribution >= 4 is 0 Å². The number of hydrogen-bond acceptors (Lipinski definition) is 3. The molecule has 3 heteroatoms. The molecule has 3 unspecified atom stereocenters. The van der Waals surface area contributed by atoms with E-state index in [4.69, 9.17) is 10.8 Å². The van der Waals surface area contributed by atoms with Crippen molar-refractivity contribution in [2.24, 2.45) is 5.73 Å². The van der Waals surface area contributed by atoms with Gasteiger partial charge in [0.25, 0.3) is 0 Å². The van der Waals surface area contributed by atoms with Gasteiger partial charge in [-0.05, 0) is 24.5 Å². The van der Waals surface area contributed by atoms with Gasteiger partial charge in [-0.1, -0.05) is 24.3 Å². The van der Waals surface area contributed by atoms with Gasteiger partial charge in [0.15, 0.2) is 0 Å². The fraction of sp³-hybridized carbons (Fsp3) is 0.500. The van der Waals surface area contributed by atoms with E-state index in [1.54, 1.807) is 0 Å². The first-order chi connectivity index (χ1) is 7.22. The molecule has 0 fully saturated rings. The number of hydrogen-bond donors (Lipinski definition) is 3. The van der Waals surface area contributed by atoms with Crippen molar-refractivity contribution in [3.63, 3.8) is 0 Å². The van der Waals surface area contributed by atoms with Crippen LogP contribution in [-0.2, 0) is 0 Å². The minimum atomic E-state index is 0.119. The molecule has 0 aliphatic heterocycles. The summed E-state index contributed by atoms with van der Waals surface area (Å²) in [4.78, 5) is 0. The maximum absolute atomic E-state index is 9.02. The van der Waals surface area contributed by atoms with Gasteiger partial charge in [-0.15, -0.1) is 0 Å². The summed E-state index contributed by atoms with van der Waals surface area (Å²) >= 11 is 0. The minimum absolute atomic E-state index is 0.119. The van der Waals surface area contributed by atoms with Gasteiger partial charge in [0.2, 0.25) is 0 Å². The minimum Gasteiger partial charge on any atom is -0.395 e. The smallest absolute Gasteiger partial charge is 0.0582 e. The van der Waals surface area contributed by atoms with E-state index >= 15 is 0 Å². The summed E-state index contributed by atoms with van der Waals surface area (Å²) in [6.07, 6.45) is 0.920. The first-order valence-electron chi connectivity index (χ1n) is 5.43. The predicted molar refractivity (Wildman–Crippen MR) is 60.4 cm³/mol. The average Bonchev–Trinajstić information content (AvgIpc) is 2.57. The normalized spacial score (nSPS) is 26.3. The van der Waals surface area contributed by atoms with Crippen LogP contribution in [0, 0.1) is 0 Å². The number of rotatable bonds is 3. The van der Waals surface area contributed by atoms with Crippen LogP contribution in [0.3, 0.4) is 0 Å². The Morgan fingerprint density at radius 3 is 2.80 bits per heavy atom. The van der Waals surface area contributed by atoms with E-state index in [0.717, 1.165) is 6.42 Å². The molecular weight excluding hydrogens is 188 g/mol. The van der Waals surface area contributed by atoms with Gasteiger partial charge < -0.3 is 16.2 Å². The second-order valence-electron chi connectivity index (χ2n) is 4.27. The second kappa shape index (κ2) is 4.31. The zero-order valence-electron chi connectivity index (χ0n) is 8.98. The fourth-order valence-electron chi connectivity index (χ4n) is 2.23. The monoisotopic (exact) mass is 206 g/mol. The van der Waals surface area contributed by atoms with Gasteiger partial charge in [0.05, 0.1) is 6.61 Å². The molecule has 15 heavy (non-hydrogen) atoms. The van der Waals surface area contributed by atoms with Crippen LogP contribution >= 0.6 is 0 Å². The highest BCUT2D eigenvalue weighted by Crippen LogP contribution is 2.36. The van der Waals surface area contributed by atoms with E-state index in [1.807, 2.05) is 19.1 Å². The SMILES string of the molecule is CC(CO)NC1CC(N)c2ccccc21. The third-order valence-corrected chi connectivity index (χ3v) is 3.02. The van der Waals surface area contributed by atoms with Crippen LogP contribution in [0.15, 0.2) is 24.3 Å². The molecule has 0 saturated carbocycles. The first kappa shape index (κ1) is 10.6. The fourth-order valence-corrected chi connectivity index (χ4v) is 2.23. The predicted octanol–water partition coefficient (Wildman–Crippen LogP) is 1.10. The van der Waals surface area contributed by atoms with Gasteiger partial charge in [-0.25, -0.2) is 0 Å². The highest BCUT2D eigenvalue weighted by Gasteiger charge is 2.28. The average molecular weight is 206 g/mol. The topological polar surface area (TPSA) is 58.3 Å². The van der Waals surface area contributed by atoms with Crippen molar-refractivity contribution in [2.75, 3.05) is 6.61 Å². The molecule has 3 nitrogen and oxygen atoms in total. The third kappa shape index (κ3) is 2.04. The molecule has 1 aromatic rings. The van der Waals surface area contributed by atoms with Crippen LogP contribution in [0.5, 0.6) is 0 Å². The summed E-state index contributed by atoms with van der Waals surface area (Å²) in [5.41, 5.74) is 8.57. The molecule has 1 aliphatic carbocycles. The standard InChI is InChI=1S/C12H18N2O/c1-8(7-15)14-12-6-11(13)9-4-2-3-5-10(9)12/h2-5,8,11-12,14-15H,6-7,13H2,1H3. The van der Waals surface area contributed by atoms with Gasteiger partial charge in [0.1, 0.15) is 0 Å². The summed E-state index contributed by atoms with van der Waals surface area (Å²) in [6.45, 7) is 2.14. The van der Waals surface area contributed by atoms with E-state index in [1.165, 1.54) is 11.1 Å². The van der Waals surface area contributed by atoms with Gasteiger partial charge >= 0.3 is 0 Å². The summed E-state index contributed by atoms with van der Waals surface area (Å²) < 4.78 is 0. The number of benzene rings is 1. The number of aliphatic hydroxyl groups is 1. The zero-order valence-corrected chi connectivity index (χ0v) is 8.98. The Bertz CT molecular complexity index is 340. The number of nitrogens with one attached hydrogen (secondary N) is 1. The molecular formula is C12H18N2O. The van der Waals surface area contributed by atoms with Gasteiger partial charge in [0, 0.05) is 18.1 Å². The Morgan fingerprint density at radius 1 is 1.47 bits per heavy atom. The molecule has 0 amide bonds. The van der Waals surface area contributed by atoms with Crippen LogP contribution in [0.1, 0.15) is 36.6 Å². The van der Waals surface area contributed by atoms with Crippen molar-refractivity contribution in [1.82, 2.24) is 5.32 Å². The van der Waals surface area contributed by atoms with Crippen molar-refractivity contribution < 1.29 is 5.11 Å². The molecule has 1 aliphatic rings. The van der Waals surface area contributed by atoms with E-state index in [0.29, 0.717) is 6.04 Å². The molecule has 0 radical (unpaired) electrons. The van der Waals surface area contributed by atoms with Crippen LogP contribution in [-0.4, -0.2) is 17.8 Å². The van der Waals surface area contributed by atoms with Crippen molar-refractivity contribution in [2.45, 2.75) is 31.5 Å². The zero-order chi connectivity index (χ0) is 10.8. The Balaban J connectivity index is 2.17. The number of fused-ring (bicyclic) bond motifs is 1. The summed E-state index contributed by atoms with van der Waals surface area (Å²) in [5, 5.41) is 12.4. The lowest BCUT2D eigenvalue weighted by atomic mass is 10.1. The molecule has 0 saturated heterocycles. The Hall–Kier alpha value is -0.900. The number of nitrogens with two attached hydrogens (primary N) is 1. The highest BCUT2D eigenvalue weighted by atomic mass is 16.3. The molecule has 1 aromatic carbocycles. The van der Waals surface area contributed by atoms with Crippen LogP contribution in [0.2, 0.25) is 0 Å². The maximum atomic E-state index is 9.02. The van der Waals surface area contributed by atoms with E-state index in [9.17, 15) is 0 Å². The molecule has 4 N–H and O–H groups in total. The largest absolute Gasteiger partial charge is 0.395 e. The van der Waals surface area contributed by atoms with E-state index in [-0.39, 0.29) is 18.7 Å². The molecule has 3 atom stereocenters. The summed E-state index contributed by atoms with van der Waals surface area (Å²) in [7, 11) is 0. The Morgan fingerprint density at radius 2 is 2.13 bits per heavy atom. The van der Waals surface area contributed by atoms with Crippen LogP contribution in [0.25, 0.3) is 0 Å². The van der Waals surface area contributed by atoms with Gasteiger partial charge in [-0.3, -0.25) is 0 Å². The maximum Gasteiger partial charge on any atom is 0.0582 e. The lowest BCUT2D eigenvalue weighted by Gasteiger charge is -2.18. The Kier molecular flexibility index (Phi) is 3.05. The van der Waals surface area contributed by atoms with Crippen LogP contribution in [0.4, 0.5) is 0 Å². The van der Waals surface area contributed by atoms with Crippen molar-refractivity contribution in [3.8, 4) is 0 Å². The van der Waals surface area contributed by atoms with Crippen molar-refractivity contribution in [1.29, 1.82) is 0 Å². The van der Waals surface area contributed by atoms with Gasteiger partial charge in [-0.2, -0.15) is 0 Å². The molecule has 2 rings (SSSR count). The first-order valence-corrected chi connectivity index (χ1v) is 5.43. The molecule has 0 heterocycles. The molecule has 82 valence electrons. The lowest BCUT2D eigenvalue weighted by molar-refractivity contribution is 0.239. The summed E-state index contributed by atoms with van der Waals surface area (Å²) in [6, 6.07) is 8.80. The second-order valence-corrected chi connectivity index (χ2v) is 4.27. The van der Waals surface area contributed by atoms with Crippen molar-refractivity contribution in [3.05, 3.63) is 35.4 Å². The molecule has 0 spiro atoms. The molecule has 0 aromatic heterocycles. The third-order valence-electron chi connectivity index (χ3n) is 3.02. The van der Waals surface area contributed by atoms with Crippen LogP contribution < -0.4 is 11.1 Å². The van der Waals surface area contributed by atoms with E-state index in [2.05, 4.69) is 17.4 Å². The Labute approximate surface area is 90.3 Å². The number of aliphatic hydroxyl groups excluding tert-OH is 1. The lowest BCUT2D eigenvalue weighted by Crippen LogP contribution is -2.32. The van der Waals surface area contributed by atoms with E-state index < -0.39 is 0 Å². The summed E-state index contributed by atoms with van der Waals surface area (Å²) in [5.74, 6) is 0.